The number of aromatic nitrogens is 1. The second kappa shape index (κ2) is 9.54. The third-order valence-corrected chi connectivity index (χ3v) is 6.75. The average Bonchev–Trinajstić information content (AvgIpc) is 3.18. The van der Waals surface area contributed by atoms with Crippen molar-refractivity contribution in [1.29, 1.82) is 0 Å². The standard InChI is InChI=1S/C25H29N3OS/c1-18-11-13-20(14-12-18)22(28-15-7-4-8-16-28)17-26-25(29)23-24(30-19(2)27-23)21-9-5-3-6-10-21/h3,5-6,9-14,22H,4,7-8,15-17H2,1-2H3,(H,26,29). The lowest BCUT2D eigenvalue weighted by Gasteiger charge is -2.35. The lowest BCUT2D eigenvalue weighted by Crippen LogP contribution is -2.40. The first kappa shape index (κ1) is 20.8. The molecule has 0 aliphatic carbocycles. The van der Waals surface area contributed by atoms with Crippen molar-refractivity contribution in [3.8, 4) is 10.4 Å². The number of aryl methyl sites for hydroxylation is 2. The zero-order valence-corrected chi connectivity index (χ0v) is 18.5. The molecule has 4 rings (SSSR count). The Morgan fingerprint density at radius 1 is 1.03 bits per heavy atom. The fourth-order valence-corrected chi connectivity index (χ4v) is 5.04. The van der Waals surface area contributed by atoms with Gasteiger partial charge in [0.25, 0.3) is 5.91 Å². The van der Waals surface area contributed by atoms with E-state index in [9.17, 15) is 4.79 Å². The molecule has 1 atom stereocenters. The number of likely N-dealkylation sites (tertiary alicyclic amines) is 1. The van der Waals surface area contributed by atoms with Gasteiger partial charge in [0.05, 0.1) is 15.9 Å². The van der Waals surface area contributed by atoms with Gasteiger partial charge in [0.15, 0.2) is 0 Å². The van der Waals surface area contributed by atoms with Crippen LogP contribution in [0.2, 0.25) is 0 Å². The van der Waals surface area contributed by atoms with Crippen molar-refractivity contribution >= 4 is 17.2 Å². The van der Waals surface area contributed by atoms with Crippen LogP contribution >= 0.6 is 11.3 Å². The van der Waals surface area contributed by atoms with Crippen molar-refractivity contribution in [2.24, 2.45) is 0 Å². The molecular weight excluding hydrogens is 390 g/mol. The summed E-state index contributed by atoms with van der Waals surface area (Å²) in [4.78, 5) is 21.1. The lowest BCUT2D eigenvalue weighted by molar-refractivity contribution is 0.0920. The van der Waals surface area contributed by atoms with Gasteiger partial charge in [-0.05, 0) is 50.9 Å². The van der Waals surface area contributed by atoms with Gasteiger partial charge in [0.2, 0.25) is 0 Å². The van der Waals surface area contributed by atoms with Crippen LogP contribution < -0.4 is 5.32 Å². The molecule has 0 saturated carbocycles. The predicted molar refractivity (Wildman–Crippen MR) is 124 cm³/mol. The van der Waals surface area contributed by atoms with Gasteiger partial charge in [-0.1, -0.05) is 66.6 Å². The fourth-order valence-electron chi connectivity index (χ4n) is 4.12. The molecule has 1 saturated heterocycles. The van der Waals surface area contributed by atoms with E-state index in [1.807, 2.05) is 37.3 Å². The normalized spacial score (nSPS) is 15.7. The molecule has 30 heavy (non-hydrogen) atoms. The van der Waals surface area contributed by atoms with Crippen molar-refractivity contribution < 1.29 is 4.79 Å². The number of hydrogen-bond acceptors (Lipinski definition) is 4. The second-order valence-corrected chi connectivity index (χ2v) is 9.21. The van der Waals surface area contributed by atoms with E-state index in [1.54, 1.807) is 11.3 Å². The Morgan fingerprint density at radius 2 is 1.73 bits per heavy atom. The zero-order chi connectivity index (χ0) is 20.9. The van der Waals surface area contributed by atoms with Crippen LogP contribution in [-0.2, 0) is 0 Å². The van der Waals surface area contributed by atoms with Crippen LogP contribution in [-0.4, -0.2) is 35.4 Å². The molecule has 1 unspecified atom stereocenters. The second-order valence-electron chi connectivity index (χ2n) is 8.01. The van der Waals surface area contributed by atoms with Crippen LogP contribution in [0.1, 0.15) is 51.9 Å². The van der Waals surface area contributed by atoms with Gasteiger partial charge < -0.3 is 5.32 Å². The molecule has 1 N–H and O–H groups in total. The van der Waals surface area contributed by atoms with Crippen molar-refractivity contribution in [3.05, 3.63) is 76.4 Å². The Morgan fingerprint density at radius 3 is 2.43 bits per heavy atom. The highest BCUT2D eigenvalue weighted by Crippen LogP contribution is 2.30. The first-order valence-electron chi connectivity index (χ1n) is 10.7. The van der Waals surface area contributed by atoms with Crippen LogP contribution in [0.3, 0.4) is 0 Å². The Kier molecular flexibility index (Phi) is 6.60. The molecule has 0 spiro atoms. The van der Waals surface area contributed by atoms with Gasteiger partial charge in [-0.15, -0.1) is 11.3 Å². The molecule has 2 aromatic carbocycles. The summed E-state index contributed by atoms with van der Waals surface area (Å²) >= 11 is 1.57. The van der Waals surface area contributed by atoms with E-state index >= 15 is 0 Å². The van der Waals surface area contributed by atoms with Crippen molar-refractivity contribution in [1.82, 2.24) is 15.2 Å². The molecule has 3 aromatic rings. The third kappa shape index (κ3) is 4.79. The van der Waals surface area contributed by atoms with Crippen molar-refractivity contribution in [3.63, 3.8) is 0 Å². The minimum Gasteiger partial charge on any atom is -0.349 e. The minimum absolute atomic E-state index is 0.0904. The molecule has 1 amide bonds. The van der Waals surface area contributed by atoms with E-state index in [4.69, 9.17) is 0 Å². The maximum Gasteiger partial charge on any atom is 0.271 e. The Labute approximate surface area is 183 Å². The first-order valence-corrected chi connectivity index (χ1v) is 11.5. The highest BCUT2D eigenvalue weighted by atomic mass is 32.1. The molecule has 1 fully saturated rings. The monoisotopic (exact) mass is 419 g/mol. The van der Waals surface area contributed by atoms with Crippen LogP contribution in [0.5, 0.6) is 0 Å². The van der Waals surface area contributed by atoms with Crippen LogP contribution in [0.4, 0.5) is 0 Å². The number of benzene rings is 2. The maximum atomic E-state index is 13.1. The topological polar surface area (TPSA) is 45.2 Å². The molecular formula is C25H29N3OS. The molecule has 4 nitrogen and oxygen atoms in total. The highest BCUT2D eigenvalue weighted by Gasteiger charge is 2.24. The molecule has 0 radical (unpaired) electrons. The number of carbonyl (C=O) groups excluding carboxylic acids is 1. The predicted octanol–water partition coefficient (Wildman–Crippen LogP) is 5.38. The average molecular weight is 420 g/mol. The third-order valence-electron chi connectivity index (χ3n) is 5.73. The summed E-state index contributed by atoms with van der Waals surface area (Å²) in [7, 11) is 0. The minimum atomic E-state index is -0.0904. The zero-order valence-electron chi connectivity index (χ0n) is 17.7. The molecule has 1 aromatic heterocycles. The van der Waals surface area contributed by atoms with E-state index in [-0.39, 0.29) is 11.9 Å². The number of nitrogens with zero attached hydrogens (tertiary/aromatic N) is 2. The van der Waals surface area contributed by atoms with Gasteiger partial charge in [0, 0.05) is 6.54 Å². The largest absolute Gasteiger partial charge is 0.349 e. The van der Waals surface area contributed by atoms with Crippen LogP contribution in [0.15, 0.2) is 54.6 Å². The number of hydrogen-bond donors (Lipinski definition) is 1. The molecule has 5 heteroatoms. The van der Waals surface area contributed by atoms with Crippen molar-refractivity contribution in [2.45, 2.75) is 39.2 Å². The van der Waals surface area contributed by atoms with E-state index in [0.717, 1.165) is 28.5 Å². The molecule has 156 valence electrons. The fraction of sp³-hybridized carbons (Fsp3) is 0.360. The van der Waals surface area contributed by atoms with E-state index in [0.29, 0.717) is 12.2 Å². The van der Waals surface area contributed by atoms with E-state index in [1.165, 1.54) is 30.4 Å². The van der Waals surface area contributed by atoms with Crippen LogP contribution in [0.25, 0.3) is 10.4 Å². The number of thiazole rings is 1. The molecule has 2 heterocycles. The van der Waals surface area contributed by atoms with Crippen molar-refractivity contribution in [2.75, 3.05) is 19.6 Å². The number of nitrogens with one attached hydrogen (secondary N) is 1. The lowest BCUT2D eigenvalue weighted by atomic mass is 10.0. The Bertz CT molecular complexity index is 975. The number of carbonyl (C=O) groups is 1. The van der Waals surface area contributed by atoms with Gasteiger partial charge in [-0.25, -0.2) is 4.98 Å². The smallest absolute Gasteiger partial charge is 0.271 e. The summed E-state index contributed by atoms with van der Waals surface area (Å²) in [6.07, 6.45) is 3.74. The molecule has 0 bridgehead atoms. The van der Waals surface area contributed by atoms with Crippen LogP contribution in [0, 0.1) is 13.8 Å². The Hall–Kier alpha value is -2.50. The first-order chi connectivity index (χ1) is 14.6. The molecule has 1 aliphatic rings. The number of rotatable bonds is 6. The maximum absolute atomic E-state index is 13.1. The van der Waals surface area contributed by atoms with Gasteiger partial charge in [-0.3, -0.25) is 9.69 Å². The summed E-state index contributed by atoms with van der Waals surface area (Å²) in [5, 5.41) is 4.10. The SMILES string of the molecule is Cc1ccc(C(CNC(=O)c2nc(C)sc2-c2ccccc2)N2CCCCC2)cc1. The summed E-state index contributed by atoms with van der Waals surface area (Å²) in [6.45, 7) is 6.82. The van der Waals surface area contributed by atoms with Gasteiger partial charge in [-0.2, -0.15) is 0 Å². The summed E-state index contributed by atoms with van der Waals surface area (Å²) in [6, 6.07) is 18.9. The molecule has 1 aliphatic heterocycles. The summed E-state index contributed by atoms with van der Waals surface area (Å²) in [5.74, 6) is -0.0904. The van der Waals surface area contributed by atoms with Gasteiger partial charge in [0.1, 0.15) is 5.69 Å². The van der Waals surface area contributed by atoms with E-state index in [2.05, 4.69) is 46.4 Å². The Balaban J connectivity index is 1.54. The quantitative estimate of drug-likeness (QED) is 0.583. The number of amides is 1. The summed E-state index contributed by atoms with van der Waals surface area (Å²) in [5.41, 5.74) is 4.09. The number of piperidine rings is 1. The highest BCUT2D eigenvalue weighted by molar-refractivity contribution is 7.15. The van der Waals surface area contributed by atoms with Gasteiger partial charge >= 0.3 is 0 Å². The van der Waals surface area contributed by atoms with E-state index < -0.39 is 0 Å². The summed E-state index contributed by atoms with van der Waals surface area (Å²) < 4.78 is 0.